The second kappa shape index (κ2) is 8.95. The number of piperazine rings is 1. The smallest absolute Gasteiger partial charge is 0.338 e. The number of carbonyl (C=O) groups is 2. The van der Waals surface area contributed by atoms with Crippen molar-refractivity contribution in [3.05, 3.63) is 44.8 Å². The first kappa shape index (κ1) is 21.1. The Kier molecular flexibility index (Phi) is 6.31. The van der Waals surface area contributed by atoms with Gasteiger partial charge in [-0.25, -0.2) is 9.79 Å². The van der Waals surface area contributed by atoms with Crippen LogP contribution in [0.3, 0.4) is 0 Å². The van der Waals surface area contributed by atoms with Crippen LogP contribution in [0, 0.1) is 0 Å². The largest absolute Gasteiger partial charge is 0.466 e. The van der Waals surface area contributed by atoms with Crippen LogP contribution in [0.2, 0.25) is 0 Å². The summed E-state index contributed by atoms with van der Waals surface area (Å²) in [5, 5.41) is 4.82. The quantitative estimate of drug-likeness (QED) is 0.648. The molecule has 160 valence electrons. The zero-order valence-electron chi connectivity index (χ0n) is 17.5. The van der Waals surface area contributed by atoms with Gasteiger partial charge >= 0.3 is 5.97 Å². The number of aliphatic imine (C=N–C) groups is 1. The van der Waals surface area contributed by atoms with Crippen LogP contribution in [0.25, 0.3) is 0 Å². The van der Waals surface area contributed by atoms with Gasteiger partial charge in [-0.3, -0.25) is 4.79 Å². The van der Waals surface area contributed by atoms with E-state index in [0.29, 0.717) is 18.4 Å². The summed E-state index contributed by atoms with van der Waals surface area (Å²) in [6.07, 6.45) is 0.938. The molecule has 1 aromatic heterocycles. The standard InChI is InChI=1S/C21H26N4O3S2/c1-4-15-18(20(27)28-3)19(16-6-5-11-29-16)25-14(13-30-21(25)22-15)12-17(26)24-9-7-23(2)8-10-24/h5-6,11,13,19H,4,7-10,12H2,1-3H3. The molecule has 1 atom stereocenters. The molecule has 1 unspecified atom stereocenters. The maximum atomic E-state index is 13.0. The molecule has 1 amide bonds. The van der Waals surface area contributed by atoms with Gasteiger partial charge in [0, 0.05) is 36.8 Å². The monoisotopic (exact) mass is 446 g/mol. The molecule has 0 aromatic carbocycles. The molecule has 4 rings (SSSR count). The lowest BCUT2D eigenvalue weighted by Gasteiger charge is -2.37. The Morgan fingerprint density at radius 2 is 2.03 bits per heavy atom. The Morgan fingerprint density at radius 3 is 2.67 bits per heavy atom. The van der Waals surface area contributed by atoms with Crippen LogP contribution in [0.1, 0.15) is 30.7 Å². The summed E-state index contributed by atoms with van der Waals surface area (Å²) < 4.78 is 5.13. The topological polar surface area (TPSA) is 65.5 Å². The summed E-state index contributed by atoms with van der Waals surface area (Å²) in [5.74, 6) is -0.249. The van der Waals surface area contributed by atoms with Crippen molar-refractivity contribution in [3.63, 3.8) is 0 Å². The molecule has 1 saturated heterocycles. The third-order valence-electron chi connectivity index (χ3n) is 5.63. The highest BCUT2D eigenvalue weighted by Crippen LogP contribution is 2.46. The number of amidine groups is 1. The number of nitrogens with zero attached hydrogens (tertiary/aromatic N) is 4. The van der Waals surface area contributed by atoms with Crippen LogP contribution < -0.4 is 0 Å². The number of hydrogen-bond acceptors (Lipinski definition) is 8. The summed E-state index contributed by atoms with van der Waals surface area (Å²) in [6.45, 7) is 5.27. The third-order valence-corrected chi connectivity index (χ3v) is 7.44. The average Bonchev–Trinajstić information content (AvgIpc) is 3.42. The molecule has 0 aliphatic carbocycles. The summed E-state index contributed by atoms with van der Waals surface area (Å²) in [5.41, 5.74) is 2.20. The lowest BCUT2D eigenvalue weighted by atomic mass is 9.98. The minimum atomic E-state index is -0.366. The van der Waals surface area contributed by atoms with Crippen molar-refractivity contribution in [2.75, 3.05) is 40.3 Å². The van der Waals surface area contributed by atoms with Crippen molar-refractivity contribution in [2.24, 2.45) is 4.99 Å². The van der Waals surface area contributed by atoms with Gasteiger partial charge in [-0.1, -0.05) is 24.8 Å². The van der Waals surface area contributed by atoms with E-state index in [9.17, 15) is 9.59 Å². The third kappa shape index (κ3) is 3.93. The van der Waals surface area contributed by atoms with E-state index < -0.39 is 0 Å². The molecule has 1 aromatic rings. The van der Waals surface area contributed by atoms with E-state index in [0.717, 1.165) is 47.6 Å². The van der Waals surface area contributed by atoms with Crippen LogP contribution in [0.4, 0.5) is 0 Å². The molecule has 0 saturated carbocycles. The number of rotatable bonds is 5. The van der Waals surface area contributed by atoms with E-state index in [1.165, 1.54) is 18.9 Å². The molecule has 7 nitrogen and oxygen atoms in total. The number of methoxy groups -OCH3 is 1. The molecule has 3 aliphatic heterocycles. The van der Waals surface area contributed by atoms with Crippen LogP contribution in [-0.2, 0) is 14.3 Å². The highest BCUT2D eigenvalue weighted by Gasteiger charge is 2.42. The minimum Gasteiger partial charge on any atom is -0.466 e. The van der Waals surface area contributed by atoms with E-state index in [4.69, 9.17) is 9.73 Å². The zero-order valence-corrected chi connectivity index (χ0v) is 19.1. The second-order valence-corrected chi connectivity index (χ2v) is 9.29. The Balaban J connectivity index is 1.64. The predicted molar refractivity (Wildman–Crippen MR) is 120 cm³/mol. The first-order valence-corrected chi connectivity index (χ1v) is 11.8. The number of carbonyl (C=O) groups excluding carboxylic acids is 2. The number of hydrogen-bond donors (Lipinski definition) is 0. The number of amides is 1. The molecule has 0 radical (unpaired) electrons. The van der Waals surface area contributed by atoms with Gasteiger partial charge in [0.2, 0.25) is 5.91 Å². The number of fused-ring (bicyclic) bond motifs is 1. The SMILES string of the molecule is CCC1=C(C(=O)OC)C(c2cccs2)N2C(CC(=O)N3CCN(C)CC3)=CSC2=N1. The number of ether oxygens (including phenoxy) is 1. The zero-order chi connectivity index (χ0) is 21.3. The van der Waals surface area contributed by atoms with Gasteiger partial charge in [-0.2, -0.15) is 0 Å². The van der Waals surface area contributed by atoms with Gasteiger partial charge < -0.3 is 19.4 Å². The summed E-state index contributed by atoms with van der Waals surface area (Å²) in [6, 6.07) is 3.69. The van der Waals surface area contributed by atoms with E-state index in [2.05, 4.69) is 16.8 Å². The molecule has 4 heterocycles. The van der Waals surface area contributed by atoms with Gasteiger partial charge in [0.15, 0.2) is 5.17 Å². The Morgan fingerprint density at radius 1 is 1.27 bits per heavy atom. The lowest BCUT2D eigenvalue weighted by molar-refractivity contribution is -0.136. The number of thiophene rings is 1. The summed E-state index contributed by atoms with van der Waals surface area (Å²) in [4.78, 5) is 37.8. The first-order chi connectivity index (χ1) is 14.5. The van der Waals surface area contributed by atoms with Crippen molar-refractivity contribution in [1.82, 2.24) is 14.7 Å². The molecule has 9 heteroatoms. The first-order valence-electron chi connectivity index (χ1n) is 10.1. The molecule has 1 fully saturated rings. The molecule has 0 bridgehead atoms. The maximum absolute atomic E-state index is 13.0. The Bertz CT molecular complexity index is 915. The Hall–Kier alpha value is -2.10. The van der Waals surface area contributed by atoms with Crippen molar-refractivity contribution in [1.29, 1.82) is 0 Å². The summed E-state index contributed by atoms with van der Waals surface area (Å²) >= 11 is 3.11. The molecular formula is C21H26N4O3S2. The van der Waals surface area contributed by atoms with E-state index in [1.807, 2.05) is 34.7 Å². The van der Waals surface area contributed by atoms with E-state index >= 15 is 0 Å². The van der Waals surface area contributed by atoms with Gasteiger partial charge in [0.05, 0.1) is 24.8 Å². The lowest BCUT2D eigenvalue weighted by Crippen LogP contribution is -2.47. The highest BCUT2D eigenvalue weighted by molar-refractivity contribution is 8.16. The van der Waals surface area contributed by atoms with Crippen LogP contribution >= 0.6 is 23.1 Å². The van der Waals surface area contributed by atoms with Gasteiger partial charge in [0.25, 0.3) is 0 Å². The summed E-state index contributed by atoms with van der Waals surface area (Å²) in [7, 11) is 3.48. The molecule has 0 N–H and O–H groups in total. The van der Waals surface area contributed by atoms with Crippen LogP contribution in [0.15, 0.2) is 44.9 Å². The molecular weight excluding hydrogens is 420 g/mol. The van der Waals surface area contributed by atoms with E-state index in [-0.39, 0.29) is 17.9 Å². The molecule has 0 spiro atoms. The Labute approximate surface area is 185 Å². The number of likely N-dealkylation sites (N-methyl/N-ethyl adjacent to an activating group) is 1. The van der Waals surface area contributed by atoms with E-state index in [1.54, 1.807) is 11.3 Å². The van der Waals surface area contributed by atoms with Crippen LogP contribution in [-0.4, -0.2) is 72.1 Å². The highest BCUT2D eigenvalue weighted by atomic mass is 32.2. The number of allylic oxidation sites excluding steroid dienone is 1. The van der Waals surface area contributed by atoms with Gasteiger partial charge in [-0.05, 0) is 30.3 Å². The van der Waals surface area contributed by atoms with Gasteiger partial charge in [0.1, 0.15) is 6.04 Å². The fourth-order valence-electron chi connectivity index (χ4n) is 3.95. The number of esters is 1. The van der Waals surface area contributed by atoms with Crippen molar-refractivity contribution in [3.8, 4) is 0 Å². The van der Waals surface area contributed by atoms with Crippen molar-refractivity contribution in [2.45, 2.75) is 25.8 Å². The average molecular weight is 447 g/mol. The minimum absolute atomic E-state index is 0.117. The van der Waals surface area contributed by atoms with Crippen molar-refractivity contribution >= 4 is 40.1 Å². The predicted octanol–water partition coefficient (Wildman–Crippen LogP) is 3.05. The fraction of sp³-hybridized carbons (Fsp3) is 0.476. The van der Waals surface area contributed by atoms with Crippen molar-refractivity contribution < 1.29 is 14.3 Å². The fourth-order valence-corrected chi connectivity index (χ4v) is 5.71. The molecule has 3 aliphatic rings. The van der Waals surface area contributed by atoms with Crippen LogP contribution in [0.5, 0.6) is 0 Å². The normalized spacial score (nSPS) is 22.0. The van der Waals surface area contributed by atoms with Gasteiger partial charge in [-0.15, -0.1) is 11.3 Å². The molecule has 30 heavy (non-hydrogen) atoms. The maximum Gasteiger partial charge on any atom is 0.338 e. The second-order valence-electron chi connectivity index (χ2n) is 7.48. The number of thioether (sulfide) groups is 1.